The van der Waals surface area contributed by atoms with Crippen LogP contribution in [0, 0.1) is 0 Å². The fraction of sp³-hybridized carbons (Fsp3) is 0. The van der Waals surface area contributed by atoms with Gasteiger partial charge in [0.25, 0.3) is 0 Å². The summed E-state index contributed by atoms with van der Waals surface area (Å²) in [5.74, 6) is 1.94. The molecule has 0 atom stereocenters. The van der Waals surface area contributed by atoms with Crippen LogP contribution in [0.1, 0.15) is 0 Å². The van der Waals surface area contributed by atoms with Crippen molar-refractivity contribution in [2.45, 2.75) is 0 Å². The van der Waals surface area contributed by atoms with Crippen LogP contribution in [-0.2, 0) is 23.1 Å². The molecule has 3 aromatic carbocycles. The third kappa shape index (κ3) is 5.16. The van der Waals surface area contributed by atoms with Gasteiger partial charge < -0.3 is 0 Å². The van der Waals surface area contributed by atoms with Gasteiger partial charge in [-0.25, -0.2) is 0 Å². The molecule has 25 heavy (non-hydrogen) atoms. The van der Waals surface area contributed by atoms with Gasteiger partial charge in [0.05, 0.1) is 0 Å². The molecule has 6 nitrogen and oxygen atoms in total. The number of rotatable bonds is 6. The number of anilines is 3. The van der Waals surface area contributed by atoms with E-state index in [0.29, 0.717) is 34.3 Å². The summed E-state index contributed by atoms with van der Waals surface area (Å²) in [6.07, 6.45) is 0. The Labute approximate surface area is 155 Å². The summed E-state index contributed by atoms with van der Waals surface area (Å²) in [4.78, 5) is 0. The minimum atomic E-state index is -3.24. The zero-order valence-corrected chi connectivity index (χ0v) is 15.8. The Hall–Kier alpha value is -2.66. The molecule has 0 aliphatic rings. The van der Waals surface area contributed by atoms with Gasteiger partial charge in [0.1, 0.15) is 0 Å². The number of nitrogen functional groups attached to an aromatic ring is 3. The zero-order valence-electron chi connectivity index (χ0n) is 13.4. The second kappa shape index (κ2) is 7.94. The molecule has 0 amide bonds. The SMILES string of the molecule is Nc1ccc([O][Zr]([O]c2ccc(N)cc2)[O]c2ccc(N)cc2)cc1. The van der Waals surface area contributed by atoms with Gasteiger partial charge in [-0.3, -0.25) is 0 Å². The van der Waals surface area contributed by atoms with Crippen LogP contribution in [0.5, 0.6) is 17.2 Å². The van der Waals surface area contributed by atoms with Crippen LogP contribution in [-0.4, -0.2) is 0 Å². The molecule has 0 aromatic heterocycles. The number of benzene rings is 3. The molecular weight excluding hydrogens is 397 g/mol. The molecule has 0 aliphatic heterocycles. The Morgan fingerprint density at radius 3 is 0.920 bits per heavy atom. The number of hydrogen-bond acceptors (Lipinski definition) is 6. The monoisotopic (exact) mass is 414 g/mol. The van der Waals surface area contributed by atoms with Crippen molar-refractivity contribution in [3.63, 3.8) is 0 Å². The molecule has 0 heterocycles. The predicted molar refractivity (Wildman–Crippen MR) is 94.4 cm³/mol. The summed E-state index contributed by atoms with van der Waals surface area (Å²) in [6, 6.07) is 21.3. The van der Waals surface area contributed by atoms with Crippen molar-refractivity contribution in [2.75, 3.05) is 17.2 Å². The van der Waals surface area contributed by atoms with Crippen LogP contribution in [0.2, 0.25) is 0 Å². The van der Waals surface area contributed by atoms with Crippen LogP contribution in [0.3, 0.4) is 0 Å². The molecule has 6 N–H and O–H groups in total. The Bertz CT molecular complexity index is 696. The predicted octanol–water partition coefficient (Wildman–Crippen LogP) is 3.33. The van der Waals surface area contributed by atoms with Gasteiger partial charge in [-0.05, 0) is 0 Å². The summed E-state index contributed by atoms with van der Waals surface area (Å²) in [5, 5.41) is 0. The third-order valence-electron chi connectivity index (χ3n) is 3.24. The maximum absolute atomic E-state index is 5.97. The fourth-order valence-electron chi connectivity index (χ4n) is 1.96. The molecule has 0 aliphatic carbocycles. The Balaban J connectivity index is 1.77. The van der Waals surface area contributed by atoms with Crippen molar-refractivity contribution in [3.8, 4) is 17.2 Å². The molecule has 0 spiro atoms. The molecule has 3 aromatic rings. The first-order chi connectivity index (χ1) is 12.1. The number of hydrogen-bond donors (Lipinski definition) is 3. The van der Waals surface area contributed by atoms with E-state index in [4.69, 9.17) is 25.6 Å². The van der Waals surface area contributed by atoms with Gasteiger partial charge in [0.15, 0.2) is 0 Å². The Morgan fingerprint density at radius 2 is 0.680 bits per heavy atom. The van der Waals surface area contributed by atoms with Crippen molar-refractivity contribution in [3.05, 3.63) is 72.8 Å². The van der Waals surface area contributed by atoms with E-state index < -0.39 is 23.1 Å². The Morgan fingerprint density at radius 1 is 0.440 bits per heavy atom. The first-order valence-corrected chi connectivity index (χ1v) is 10.6. The van der Waals surface area contributed by atoms with E-state index in [1.54, 1.807) is 72.8 Å². The van der Waals surface area contributed by atoms with Gasteiger partial charge in [-0.1, -0.05) is 0 Å². The summed E-state index contributed by atoms with van der Waals surface area (Å²) in [7, 11) is 0. The Kier molecular flexibility index (Phi) is 5.46. The molecule has 3 rings (SSSR count). The molecular formula is C18H18N3O3Zr. The molecule has 7 heteroatoms. The molecule has 0 fully saturated rings. The molecule has 0 bridgehead atoms. The second-order valence-corrected chi connectivity index (χ2v) is 8.00. The van der Waals surface area contributed by atoms with Crippen LogP contribution in [0.25, 0.3) is 0 Å². The quantitative estimate of drug-likeness (QED) is 0.533. The normalized spacial score (nSPS) is 10.1. The van der Waals surface area contributed by atoms with E-state index in [2.05, 4.69) is 0 Å². The first-order valence-electron chi connectivity index (χ1n) is 7.55. The van der Waals surface area contributed by atoms with E-state index in [0.717, 1.165) is 0 Å². The molecule has 0 unspecified atom stereocenters. The van der Waals surface area contributed by atoms with Gasteiger partial charge in [0, 0.05) is 0 Å². The summed E-state index contributed by atoms with van der Waals surface area (Å²) in [5.41, 5.74) is 19.1. The van der Waals surface area contributed by atoms with Crippen LogP contribution >= 0.6 is 0 Å². The second-order valence-electron chi connectivity index (χ2n) is 5.26. The summed E-state index contributed by atoms with van der Waals surface area (Å²) < 4.78 is 17.9. The van der Waals surface area contributed by atoms with E-state index in [1.807, 2.05) is 0 Å². The first kappa shape index (κ1) is 17.2. The standard InChI is InChI=1S/3C6H7NO.Zr/c3*7-5-1-3-6(8)4-2-5;/h3*1-4,8H,7H2;/q;;;+3/p-3. The average molecular weight is 416 g/mol. The van der Waals surface area contributed by atoms with Crippen molar-refractivity contribution in [1.82, 2.24) is 0 Å². The number of nitrogens with two attached hydrogens (primary N) is 3. The maximum atomic E-state index is 5.97. The van der Waals surface area contributed by atoms with E-state index in [-0.39, 0.29) is 0 Å². The van der Waals surface area contributed by atoms with E-state index in [1.165, 1.54) is 0 Å². The fourth-order valence-corrected chi connectivity index (χ4v) is 4.69. The van der Waals surface area contributed by atoms with Crippen molar-refractivity contribution < 1.29 is 31.5 Å². The van der Waals surface area contributed by atoms with Crippen LogP contribution < -0.4 is 25.6 Å². The third-order valence-corrected chi connectivity index (χ3v) is 6.21. The molecule has 127 valence electrons. The van der Waals surface area contributed by atoms with Crippen LogP contribution in [0.15, 0.2) is 72.8 Å². The molecule has 0 saturated carbocycles. The minimum absolute atomic E-state index is 0.648. The van der Waals surface area contributed by atoms with Gasteiger partial charge >= 0.3 is 156 Å². The van der Waals surface area contributed by atoms with E-state index >= 15 is 0 Å². The summed E-state index contributed by atoms with van der Waals surface area (Å²) in [6.45, 7) is 0. The zero-order chi connectivity index (χ0) is 17.6. The van der Waals surface area contributed by atoms with Crippen molar-refractivity contribution in [2.24, 2.45) is 0 Å². The van der Waals surface area contributed by atoms with Crippen molar-refractivity contribution >= 4 is 17.1 Å². The van der Waals surface area contributed by atoms with Gasteiger partial charge in [-0.15, -0.1) is 0 Å². The molecule has 0 radical (unpaired) electrons. The molecule has 0 saturated heterocycles. The van der Waals surface area contributed by atoms with Crippen molar-refractivity contribution in [1.29, 1.82) is 0 Å². The average Bonchev–Trinajstić information content (AvgIpc) is 2.61. The summed E-state index contributed by atoms with van der Waals surface area (Å²) >= 11 is -3.24. The topological polar surface area (TPSA) is 106 Å². The van der Waals surface area contributed by atoms with Gasteiger partial charge in [0.2, 0.25) is 0 Å². The van der Waals surface area contributed by atoms with E-state index in [9.17, 15) is 0 Å². The van der Waals surface area contributed by atoms with Crippen LogP contribution in [0.4, 0.5) is 17.1 Å². The van der Waals surface area contributed by atoms with Gasteiger partial charge in [-0.2, -0.15) is 0 Å².